The SMILES string of the molecule is CC(NCCc1c[nH]c2ccccc12)c1ccccc1F. The first-order chi connectivity index (χ1) is 10.3. The Bertz CT molecular complexity index is 733. The van der Waals surface area contributed by atoms with Gasteiger partial charge in [-0.2, -0.15) is 0 Å². The van der Waals surface area contributed by atoms with Gasteiger partial charge in [0.15, 0.2) is 0 Å². The number of aromatic amines is 1. The number of fused-ring (bicyclic) bond motifs is 1. The zero-order valence-corrected chi connectivity index (χ0v) is 12.1. The molecule has 0 saturated heterocycles. The highest BCUT2D eigenvalue weighted by Gasteiger charge is 2.09. The van der Waals surface area contributed by atoms with Gasteiger partial charge in [-0.3, -0.25) is 0 Å². The molecule has 2 N–H and O–H groups in total. The van der Waals surface area contributed by atoms with Crippen molar-refractivity contribution in [2.45, 2.75) is 19.4 Å². The van der Waals surface area contributed by atoms with E-state index in [0.29, 0.717) is 0 Å². The summed E-state index contributed by atoms with van der Waals surface area (Å²) in [6, 6.07) is 15.2. The second kappa shape index (κ2) is 6.10. The topological polar surface area (TPSA) is 27.8 Å². The molecule has 0 fully saturated rings. The molecule has 1 unspecified atom stereocenters. The Kier molecular flexibility index (Phi) is 4.02. The molecular weight excluding hydrogens is 263 g/mol. The number of para-hydroxylation sites is 1. The third kappa shape index (κ3) is 2.98. The van der Waals surface area contributed by atoms with Gasteiger partial charge in [-0.1, -0.05) is 36.4 Å². The summed E-state index contributed by atoms with van der Waals surface area (Å²) in [4.78, 5) is 3.28. The number of hydrogen-bond donors (Lipinski definition) is 2. The average Bonchev–Trinajstić information content (AvgIpc) is 2.91. The third-order valence-electron chi connectivity index (χ3n) is 3.89. The molecule has 3 rings (SSSR count). The minimum absolute atomic E-state index is 0.0106. The molecule has 1 aromatic heterocycles. The van der Waals surface area contributed by atoms with Crippen molar-refractivity contribution in [1.29, 1.82) is 0 Å². The van der Waals surface area contributed by atoms with Gasteiger partial charge in [0, 0.05) is 28.7 Å². The van der Waals surface area contributed by atoms with Crippen LogP contribution in [-0.2, 0) is 6.42 Å². The molecule has 3 heteroatoms. The average molecular weight is 282 g/mol. The highest BCUT2D eigenvalue weighted by molar-refractivity contribution is 5.83. The molecule has 0 aliphatic carbocycles. The van der Waals surface area contributed by atoms with Crippen LogP contribution in [0, 0.1) is 5.82 Å². The molecule has 0 bridgehead atoms. The Hall–Kier alpha value is -2.13. The normalized spacial score (nSPS) is 12.7. The Balaban J connectivity index is 1.62. The number of H-pyrrole nitrogens is 1. The molecule has 0 amide bonds. The Morgan fingerprint density at radius 2 is 1.86 bits per heavy atom. The first kappa shape index (κ1) is 13.8. The Labute approximate surface area is 124 Å². The lowest BCUT2D eigenvalue weighted by Crippen LogP contribution is -2.22. The van der Waals surface area contributed by atoms with E-state index in [1.165, 1.54) is 17.0 Å². The van der Waals surface area contributed by atoms with Crippen molar-refractivity contribution in [3.8, 4) is 0 Å². The predicted molar refractivity (Wildman–Crippen MR) is 84.8 cm³/mol. The van der Waals surface area contributed by atoms with Crippen LogP contribution in [0.3, 0.4) is 0 Å². The van der Waals surface area contributed by atoms with E-state index in [9.17, 15) is 4.39 Å². The number of rotatable bonds is 5. The molecule has 2 nitrogen and oxygen atoms in total. The lowest BCUT2D eigenvalue weighted by atomic mass is 10.1. The second-order valence-corrected chi connectivity index (χ2v) is 5.31. The van der Waals surface area contributed by atoms with Gasteiger partial charge >= 0.3 is 0 Å². The lowest BCUT2D eigenvalue weighted by molar-refractivity contribution is 0.531. The smallest absolute Gasteiger partial charge is 0.127 e. The van der Waals surface area contributed by atoms with Gasteiger partial charge in [0.1, 0.15) is 5.82 Å². The summed E-state index contributed by atoms with van der Waals surface area (Å²) in [6.07, 6.45) is 2.98. The molecule has 0 aliphatic rings. The van der Waals surface area contributed by atoms with Gasteiger partial charge in [0.05, 0.1) is 0 Å². The van der Waals surface area contributed by atoms with Crippen LogP contribution in [0.5, 0.6) is 0 Å². The Morgan fingerprint density at radius 1 is 1.10 bits per heavy atom. The molecule has 2 aromatic carbocycles. The van der Waals surface area contributed by atoms with Gasteiger partial charge in [0.2, 0.25) is 0 Å². The van der Waals surface area contributed by atoms with Crippen LogP contribution in [0.2, 0.25) is 0 Å². The van der Waals surface area contributed by atoms with Crippen molar-refractivity contribution in [1.82, 2.24) is 10.3 Å². The highest BCUT2D eigenvalue weighted by Crippen LogP contribution is 2.19. The van der Waals surface area contributed by atoms with Crippen molar-refractivity contribution in [3.05, 3.63) is 71.7 Å². The number of benzene rings is 2. The van der Waals surface area contributed by atoms with Gasteiger partial charge in [0.25, 0.3) is 0 Å². The Morgan fingerprint density at radius 3 is 2.71 bits per heavy atom. The standard InChI is InChI=1S/C18H19FN2/c1-13(15-6-2-4-8-17(15)19)20-11-10-14-12-21-18-9-5-3-7-16(14)18/h2-9,12-13,20-21H,10-11H2,1H3. The van der Waals surface area contributed by atoms with E-state index < -0.39 is 0 Å². The van der Waals surface area contributed by atoms with E-state index in [4.69, 9.17) is 0 Å². The fraction of sp³-hybridized carbons (Fsp3) is 0.222. The van der Waals surface area contributed by atoms with Gasteiger partial charge < -0.3 is 10.3 Å². The summed E-state index contributed by atoms with van der Waals surface area (Å²) in [5.74, 6) is -0.149. The van der Waals surface area contributed by atoms with Gasteiger partial charge in [-0.25, -0.2) is 4.39 Å². The molecule has 108 valence electrons. The summed E-state index contributed by atoms with van der Waals surface area (Å²) in [7, 11) is 0. The van der Waals surface area contributed by atoms with Crippen LogP contribution in [0.1, 0.15) is 24.1 Å². The maximum Gasteiger partial charge on any atom is 0.127 e. The molecular formula is C18H19FN2. The van der Waals surface area contributed by atoms with E-state index in [2.05, 4.69) is 34.7 Å². The van der Waals surface area contributed by atoms with Crippen LogP contribution in [0.15, 0.2) is 54.7 Å². The third-order valence-corrected chi connectivity index (χ3v) is 3.89. The predicted octanol–water partition coefficient (Wildman–Crippen LogP) is 4.20. The minimum Gasteiger partial charge on any atom is -0.361 e. The highest BCUT2D eigenvalue weighted by atomic mass is 19.1. The van der Waals surface area contributed by atoms with Crippen molar-refractivity contribution >= 4 is 10.9 Å². The minimum atomic E-state index is -0.149. The molecule has 21 heavy (non-hydrogen) atoms. The number of halogens is 1. The molecule has 0 saturated carbocycles. The van der Waals surface area contributed by atoms with E-state index >= 15 is 0 Å². The summed E-state index contributed by atoms with van der Waals surface area (Å²) in [5.41, 5.74) is 3.17. The van der Waals surface area contributed by atoms with Crippen molar-refractivity contribution in [3.63, 3.8) is 0 Å². The molecule has 0 spiro atoms. The number of aromatic nitrogens is 1. The van der Waals surface area contributed by atoms with Gasteiger partial charge in [-0.05, 0) is 37.6 Å². The van der Waals surface area contributed by atoms with Crippen molar-refractivity contribution in [2.24, 2.45) is 0 Å². The van der Waals surface area contributed by atoms with E-state index in [1.54, 1.807) is 6.07 Å². The first-order valence-electron chi connectivity index (χ1n) is 7.28. The number of nitrogens with one attached hydrogen (secondary N) is 2. The summed E-state index contributed by atoms with van der Waals surface area (Å²) >= 11 is 0. The zero-order chi connectivity index (χ0) is 14.7. The molecule has 0 aliphatic heterocycles. The molecule has 1 heterocycles. The largest absolute Gasteiger partial charge is 0.361 e. The molecule has 1 atom stereocenters. The van der Waals surface area contributed by atoms with E-state index in [-0.39, 0.29) is 11.9 Å². The zero-order valence-electron chi connectivity index (χ0n) is 12.1. The van der Waals surface area contributed by atoms with E-state index in [0.717, 1.165) is 24.0 Å². The quantitative estimate of drug-likeness (QED) is 0.721. The van der Waals surface area contributed by atoms with Crippen LogP contribution in [0.25, 0.3) is 10.9 Å². The van der Waals surface area contributed by atoms with E-state index in [1.807, 2.05) is 25.1 Å². The summed E-state index contributed by atoms with van der Waals surface area (Å²) < 4.78 is 13.7. The van der Waals surface area contributed by atoms with Crippen molar-refractivity contribution < 1.29 is 4.39 Å². The maximum absolute atomic E-state index is 13.7. The monoisotopic (exact) mass is 282 g/mol. The number of hydrogen-bond acceptors (Lipinski definition) is 1. The van der Waals surface area contributed by atoms with Crippen LogP contribution >= 0.6 is 0 Å². The molecule has 3 aromatic rings. The lowest BCUT2D eigenvalue weighted by Gasteiger charge is -2.14. The van der Waals surface area contributed by atoms with Crippen LogP contribution in [-0.4, -0.2) is 11.5 Å². The fourth-order valence-electron chi connectivity index (χ4n) is 2.70. The summed E-state index contributed by atoms with van der Waals surface area (Å²) in [5, 5.41) is 4.65. The first-order valence-corrected chi connectivity index (χ1v) is 7.28. The second-order valence-electron chi connectivity index (χ2n) is 5.31. The van der Waals surface area contributed by atoms with Crippen LogP contribution < -0.4 is 5.32 Å². The van der Waals surface area contributed by atoms with Gasteiger partial charge in [-0.15, -0.1) is 0 Å². The summed E-state index contributed by atoms with van der Waals surface area (Å²) in [6.45, 7) is 2.81. The van der Waals surface area contributed by atoms with Crippen LogP contribution in [0.4, 0.5) is 4.39 Å². The maximum atomic E-state index is 13.7. The fourth-order valence-corrected chi connectivity index (χ4v) is 2.70. The molecule has 0 radical (unpaired) electrons. The van der Waals surface area contributed by atoms with Crippen molar-refractivity contribution in [2.75, 3.05) is 6.54 Å².